The minimum absolute atomic E-state index is 0.0276. The van der Waals surface area contributed by atoms with Gasteiger partial charge in [-0.2, -0.15) is 13.2 Å². The van der Waals surface area contributed by atoms with Crippen LogP contribution in [0.25, 0.3) is 11.3 Å². The average molecular weight is 483 g/mol. The first-order valence-corrected chi connectivity index (χ1v) is 10.5. The molecule has 3 unspecified atom stereocenters. The molecule has 1 aliphatic rings. The van der Waals surface area contributed by atoms with Crippen LogP contribution in [0.2, 0.25) is 0 Å². The number of carbonyl (C=O) groups is 2. The number of aromatic nitrogens is 3. The van der Waals surface area contributed by atoms with E-state index in [-0.39, 0.29) is 18.5 Å². The van der Waals surface area contributed by atoms with E-state index in [1.54, 1.807) is 32.9 Å². The van der Waals surface area contributed by atoms with Crippen LogP contribution in [0.1, 0.15) is 45.5 Å². The summed E-state index contributed by atoms with van der Waals surface area (Å²) in [4.78, 5) is 37.2. The molecule has 8 nitrogen and oxygen atoms in total. The molecule has 2 aromatic heterocycles. The van der Waals surface area contributed by atoms with Crippen LogP contribution in [-0.4, -0.2) is 55.7 Å². The summed E-state index contributed by atoms with van der Waals surface area (Å²) >= 11 is 0. The highest BCUT2D eigenvalue weighted by molar-refractivity contribution is 5.86. The number of alkyl halides is 4. The fourth-order valence-corrected chi connectivity index (χ4v) is 3.48. The van der Waals surface area contributed by atoms with Crippen LogP contribution in [0.15, 0.2) is 30.7 Å². The lowest BCUT2D eigenvalue weighted by Gasteiger charge is -2.30. The van der Waals surface area contributed by atoms with Gasteiger partial charge in [0.2, 0.25) is 11.7 Å². The maximum Gasteiger partial charge on any atom is 0.451 e. The van der Waals surface area contributed by atoms with Crippen molar-refractivity contribution in [2.45, 2.75) is 70.7 Å². The molecule has 0 saturated carbocycles. The van der Waals surface area contributed by atoms with E-state index in [1.165, 1.54) is 13.1 Å². The van der Waals surface area contributed by atoms with Crippen LogP contribution in [0.3, 0.4) is 0 Å². The molecule has 3 heterocycles. The van der Waals surface area contributed by atoms with Crippen molar-refractivity contribution in [3.05, 3.63) is 42.1 Å². The summed E-state index contributed by atoms with van der Waals surface area (Å²) in [6.45, 7) is 6.58. The maximum absolute atomic E-state index is 14.4. The summed E-state index contributed by atoms with van der Waals surface area (Å²) in [6.07, 6.45) is -3.50. The molecule has 0 radical (unpaired) electrons. The molecule has 1 fully saturated rings. The zero-order valence-corrected chi connectivity index (χ0v) is 19.1. The molecule has 0 bridgehead atoms. The van der Waals surface area contributed by atoms with Crippen molar-refractivity contribution >= 4 is 12.0 Å². The van der Waals surface area contributed by atoms with Gasteiger partial charge in [-0.15, -0.1) is 0 Å². The van der Waals surface area contributed by atoms with Gasteiger partial charge in [0, 0.05) is 37.1 Å². The fraction of sp³-hybridized carbons (Fsp3) is 0.500. The third-order valence-corrected chi connectivity index (χ3v) is 5.15. The first-order chi connectivity index (χ1) is 15.8. The van der Waals surface area contributed by atoms with Gasteiger partial charge in [-0.25, -0.2) is 19.2 Å². The van der Waals surface area contributed by atoms with Crippen LogP contribution < -0.4 is 5.32 Å². The van der Waals surface area contributed by atoms with Crippen molar-refractivity contribution < 1.29 is 31.9 Å². The Bertz CT molecular complexity index is 1040. The zero-order valence-electron chi connectivity index (χ0n) is 19.1. The highest BCUT2D eigenvalue weighted by Crippen LogP contribution is 2.29. The molecule has 0 aromatic carbocycles. The predicted octanol–water partition coefficient (Wildman–Crippen LogP) is 3.91. The third kappa shape index (κ3) is 5.97. The Balaban J connectivity index is 1.69. The van der Waals surface area contributed by atoms with Gasteiger partial charge in [0.05, 0.1) is 11.7 Å². The summed E-state index contributed by atoms with van der Waals surface area (Å²) in [6, 6.07) is 1.31. The molecule has 2 amide bonds. The number of amides is 2. The van der Waals surface area contributed by atoms with E-state index in [0.29, 0.717) is 11.3 Å². The van der Waals surface area contributed by atoms with E-state index in [0.717, 1.165) is 17.3 Å². The number of likely N-dealkylation sites (tertiary alicyclic amines) is 1. The smallest absolute Gasteiger partial charge is 0.444 e. The molecule has 12 heteroatoms. The fourth-order valence-electron chi connectivity index (χ4n) is 3.48. The van der Waals surface area contributed by atoms with Crippen LogP contribution in [0.4, 0.5) is 22.4 Å². The van der Waals surface area contributed by atoms with Gasteiger partial charge in [0.1, 0.15) is 17.8 Å². The van der Waals surface area contributed by atoms with Gasteiger partial charge in [-0.3, -0.25) is 14.7 Å². The predicted molar refractivity (Wildman–Crippen MR) is 113 cm³/mol. The molecule has 1 aliphatic heterocycles. The van der Waals surface area contributed by atoms with Gasteiger partial charge in [0.25, 0.3) is 0 Å². The van der Waals surface area contributed by atoms with Crippen molar-refractivity contribution in [1.82, 2.24) is 25.2 Å². The van der Waals surface area contributed by atoms with E-state index in [2.05, 4.69) is 20.3 Å². The van der Waals surface area contributed by atoms with Gasteiger partial charge >= 0.3 is 12.3 Å². The van der Waals surface area contributed by atoms with E-state index in [9.17, 15) is 27.2 Å². The van der Waals surface area contributed by atoms with Gasteiger partial charge < -0.3 is 10.1 Å². The molecular weight excluding hydrogens is 458 g/mol. The number of hydrogen-bond acceptors (Lipinski definition) is 6. The van der Waals surface area contributed by atoms with Gasteiger partial charge in [-0.05, 0) is 45.4 Å². The zero-order chi connectivity index (χ0) is 25.3. The number of nitrogens with zero attached hydrogens (tertiary/aromatic N) is 4. The summed E-state index contributed by atoms with van der Waals surface area (Å²) in [7, 11) is 0. The van der Waals surface area contributed by atoms with Gasteiger partial charge in [-0.1, -0.05) is 0 Å². The van der Waals surface area contributed by atoms with Crippen LogP contribution in [0, 0.1) is 0 Å². The quantitative estimate of drug-likeness (QED) is 0.663. The number of carbonyl (C=O) groups excluding carboxylic acids is 2. The van der Waals surface area contributed by atoms with Crippen molar-refractivity contribution in [3.63, 3.8) is 0 Å². The summed E-state index contributed by atoms with van der Waals surface area (Å²) in [5, 5.41) is 2.67. The molecule has 3 atom stereocenters. The molecule has 0 spiro atoms. The molecule has 34 heavy (non-hydrogen) atoms. The summed E-state index contributed by atoms with van der Waals surface area (Å²) in [5.74, 6) is -1.81. The van der Waals surface area contributed by atoms with Crippen LogP contribution in [-0.2, 0) is 22.3 Å². The van der Waals surface area contributed by atoms with E-state index in [1.807, 2.05) is 0 Å². The number of pyridine rings is 1. The first kappa shape index (κ1) is 25.3. The first-order valence-electron chi connectivity index (χ1n) is 10.5. The monoisotopic (exact) mass is 483 g/mol. The highest BCUT2D eigenvalue weighted by atomic mass is 19.4. The number of ether oxygens (including phenoxy) is 1. The Hall–Kier alpha value is -3.31. The molecule has 1 N–H and O–H groups in total. The number of halogens is 4. The van der Waals surface area contributed by atoms with Crippen LogP contribution >= 0.6 is 0 Å². The lowest BCUT2D eigenvalue weighted by molar-refractivity contribution is -0.145. The second-order valence-electron chi connectivity index (χ2n) is 8.96. The highest BCUT2D eigenvalue weighted by Gasteiger charge is 2.46. The largest absolute Gasteiger partial charge is 0.451 e. The Morgan fingerprint density at radius 2 is 1.82 bits per heavy atom. The van der Waals surface area contributed by atoms with Crippen LogP contribution in [0.5, 0.6) is 0 Å². The Labute approximate surface area is 193 Å². The van der Waals surface area contributed by atoms with Gasteiger partial charge in [0.15, 0.2) is 0 Å². The second kappa shape index (κ2) is 9.51. The van der Waals surface area contributed by atoms with E-state index < -0.39 is 47.9 Å². The minimum atomic E-state index is -4.65. The lowest BCUT2D eigenvalue weighted by Crippen LogP contribution is -2.50. The third-order valence-electron chi connectivity index (χ3n) is 5.15. The SMILES string of the molecule is CC1C(F)CC(C(=O)NCc2ccnc(-c3cnc(C(F)(F)F)nc3)c2)N1C(=O)OC(C)(C)C. The standard InChI is InChI=1S/C22H25F4N5O3/c1-12-15(23)8-17(31(12)20(33)34-21(2,3)4)18(32)28-9-13-5-6-27-16(7-13)14-10-29-19(30-11-14)22(24,25)26/h5-7,10-12,15,17H,8-9H2,1-4H3,(H,28,32). The molecule has 184 valence electrons. The number of nitrogens with one attached hydrogen (secondary N) is 1. The maximum atomic E-state index is 14.4. The lowest BCUT2D eigenvalue weighted by atomic mass is 10.1. The Morgan fingerprint density at radius 3 is 2.41 bits per heavy atom. The minimum Gasteiger partial charge on any atom is -0.444 e. The summed E-state index contributed by atoms with van der Waals surface area (Å²) < 4.78 is 57.7. The molecule has 0 aliphatic carbocycles. The normalized spacial score (nSPS) is 20.8. The Kier molecular flexibility index (Phi) is 7.08. The Morgan fingerprint density at radius 1 is 1.18 bits per heavy atom. The average Bonchev–Trinajstić information content (AvgIpc) is 3.05. The summed E-state index contributed by atoms with van der Waals surface area (Å²) in [5.41, 5.74) is 0.364. The van der Waals surface area contributed by atoms with Crippen molar-refractivity contribution in [2.24, 2.45) is 0 Å². The molecular formula is C22H25F4N5O3. The molecule has 3 rings (SSSR count). The topological polar surface area (TPSA) is 97.3 Å². The molecule has 1 saturated heterocycles. The number of hydrogen-bond donors (Lipinski definition) is 1. The van der Waals surface area contributed by atoms with Crippen molar-refractivity contribution in [2.75, 3.05) is 0 Å². The van der Waals surface area contributed by atoms with Crippen molar-refractivity contribution in [3.8, 4) is 11.3 Å². The van der Waals surface area contributed by atoms with Crippen molar-refractivity contribution in [1.29, 1.82) is 0 Å². The van der Waals surface area contributed by atoms with E-state index >= 15 is 0 Å². The van der Waals surface area contributed by atoms with E-state index in [4.69, 9.17) is 4.74 Å². The molecule has 2 aromatic rings. The number of rotatable bonds is 4. The second-order valence-corrected chi connectivity index (χ2v) is 8.96.